The Labute approximate surface area is 56.0 Å². The number of hydrogen-bond donors (Lipinski definition) is 3. The van der Waals surface area contributed by atoms with Crippen LogP contribution in [0, 0.1) is 0 Å². The van der Waals surface area contributed by atoms with Gasteiger partial charge < -0.3 is 15.5 Å². The van der Waals surface area contributed by atoms with Crippen molar-refractivity contribution in [2.75, 3.05) is 6.54 Å². The van der Waals surface area contributed by atoms with Crippen molar-refractivity contribution in [3.05, 3.63) is 5.70 Å². The lowest BCUT2D eigenvalue weighted by Crippen LogP contribution is -2.62. The summed E-state index contributed by atoms with van der Waals surface area (Å²) in [6, 6.07) is 0. The second-order valence-corrected chi connectivity index (χ2v) is 2.00. The van der Waals surface area contributed by atoms with Crippen LogP contribution in [0.3, 0.4) is 0 Å². The van der Waals surface area contributed by atoms with Gasteiger partial charge in [-0.15, -0.1) is 0 Å². The van der Waals surface area contributed by atoms with Crippen molar-refractivity contribution >= 4 is 11.9 Å². The van der Waals surface area contributed by atoms with Crippen molar-refractivity contribution < 1.29 is 19.8 Å². The van der Waals surface area contributed by atoms with E-state index in [0.29, 0.717) is 0 Å². The molecule has 1 aliphatic rings. The fourth-order valence-electron chi connectivity index (χ4n) is 0.647. The molecule has 5 nitrogen and oxygen atoms in total. The van der Waals surface area contributed by atoms with Crippen LogP contribution in [0.5, 0.6) is 0 Å². The van der Waals surface area contributed by atoms with Crippen LogP contribution in [0.25, 0.3) is 0 Å². The maximum atomic E-state index is 10.2. The zero-order valence-corrected chi connectivity index (χ0v) is 4.92. The van der Waals surface area contributed by atoms with Crippen molar-refractivity contribution in [2.24, 2.45) is 0 Å². The summed E-state index contributed by atoms with van der Waals surface area (Å²) in [5, 5.41) is 19.6. The third-order valence-corrected chi connectivity index (χ3v) is 1.39. The molecule has 1 atom stereocenters. The van der Waals surface area contributed by atoms with Crippen LogP contribution < -0.4 is 5.32 Å². The molecule has 1 saturated heterocycles. The van der Waals surface area contributed by atoms with Crippen LogP contribution in [0.15, 0.2) is 5.70 Å². The van der Waals surface area contributed by atoms with Gasteiger partial charge in [0.1, 0.15) is 11.6 Å². The second kappa shape index (κ2) is 1.83. The Hall–Kier alpha value is -1.32. The first-order chi connectivity index (χ1) is 4.61. The predicted molar refractivity (Wildman–Crippen MR) is 29.8 cm³/mol. The Kier molecular flexibility index (Phi) is 1.24. The molecule has 0 spiro atoms. The molecule has 5 heteroatoms. The predicted octanol–water partition coefficient (Wildman–Crippen LogP) is -1.88. The second-order valence-electron chi connectivity index (χ2n) is 2.00. The van der Waals surface area contributed by atoms with Crippen molar-refractivity contribution in [1.29, 1.82) is 0 Å². The van der Waals surface area contributed by atoms with E-state index in [1.54, 1.807) is 0 Å². The van der Waals surface area contributed by atoms with Gasteiger partial charge in [0.2, 0.25) is 5.60 Å². The maximum absolute atomic E-state index is 10.2. The molecular formula is C5H5NO4. The first-order valence-electron chi connectivity index (χ1n) is 2.56. The number of carboxylic acid groups (broad SMARTS) is 1. The molecule has 0 aromatic heterocycles. The highest BCUT2D eigenvalue weighted by molar-refractivity contribution is 5.87. The minimum Gasteiger partial charge on any atom is -0.479 e. The van der Waals surface area contributed by atoms with E-state index in [1.165, 1.54) is 5.94 Å². The molecule has 1 fully saturated rings. The Balaban J connectivity index is 2.91. The number of aliphatic hydroxyl groups is 1. The molecule has 0 saturated carbocycles. The SMILES string of the molecule is O=C=C1NCC1(O)C(=O)O. The summed E-state index contributed by atoms with van der Waals surface area (Å²) in [6.45, 7) is -0.132. The van der Waals surface area contributed by atoms with Gasteiger partial charge in [0, 0.05) is 0 Å². The minimum absolute atomic E-state index is 0.132. The van der Waals surface area contributed by atoms with E-state index >= 15 is 0 Å². The summed E-state index contributed by atoms with van der Waals surface area (Å²) in [4.78, 5) is 20.0. The Bertz CT molecular complexity index is 230. The molecule has 0 radical (unpaired) electrons. The van der Waals surface area contributed by atoms with Gasteiger partial charge in [-0.3, -0.25) is 0 Å². The topological polar surface area (TPSA) is 86.6 Å². The highest BCUT2D eigenvalue weighted by atomic mass is 16.4. The standard InChI is InChI=1S/C5H5NO4/c7-1-3-5(10,2-6-3)4(8)9/h6,10H,2H2,(H,8,9). The van der Waals surface area contributed by atoms with Gasteiger partial charge in [-0.05, 0) is 0 Å². The van der Waals surface area contributed by atoms with Crippen LogP contribution in [-0.4, -0.2) is 34.3 Å². The number of carboxylic acids is 1. The van der Waals surface area contributed by atoms with Gasteiger partial charge in [-0.2, -0.15) is 0 Å². The number of carbonyl (C=O) groups is 1. The molecular weight excluding hydrogens is 138 g/mol. The van der Waals surface area contributed by atoms with Gasteiger partial charge in [-0.1, -0.05) is 0 Å². The molecule has 1 heterocycles. The molecule has 3 N–H and O–H groups in total. The minimum atomic E-state index is -2.01. The summed E-state index contributed by atoms with van der Waals surface area (Å²) in [5.74, 6) is -0.128. The molecule has 10 heavy (non-hydrogen) atoms. The molecule has 1 unspecified atom stereocenters. The van der Waals surface area contributed by atoms with Crippen molar-refractivity contribution in [2.45, 2.75) is 5.60 Å². The summed E-state index contributed by atoms with van der Waals surface area (Å²) >= 11 is 0. The third-order valence-electron chi connectivity index (χ3n) is 1.39. The maximum Gasteiger partial charge on any atom is 0.344 e. The van der Waals surface area contributed by atoms with E-state index in [2.05, 4.69) is 5.32 Å². The first kappa shape index (κ1) is 6.80. The molecule has 0 bridgehead atoms. The van der Waals surface area contributed by atoms with E-state index in [9.17, 15) is 9.59 Å². The van der Waals surface area contributed by atoms with Crippen LogP contribution >= 0.6 is 0 Å². The van der Waals surface area contributed by atoms with Gasteiger partial charge in [0.05, 0.1) is 6.54 Å². The molecule has 54 valence electrons. The lowest BCUT2D eigenvalue weighted by atomic mass is 9.93. The van der Waals surface area contributed by atoms with Gasteiger partial charge >= 0.3 is 5.97 Å². The largest absolute Gasteiger partial charge is 0.479 e. The van der Waals surface area contributed by atoms with Crippen molar-refractivity contribution in [3.8, 4) is 0 Å². The fraction of sp³-hybridized carbons (Fsp3) is 0.400. The Morgan fingerprint density at radius 1 is 1.80 bits per heavy atom. The number of hydrogen-bond acceptors (Lipinski definition) is 4. The molecule has 1 aliphatic heterocycles. The van der Waals surface area contributed by atoms with Crippen LogP contribution in [-0.2, 0) is 9.59 Å². The van der Waals surface area contributed by atoms with E-state index in [4.69, 9.17) is 10.2 Å². The number of carbonyl (C=O) groups excluding carboxylic acids is 1. The monoisotopic (exact) mass is 143 g/mol. The van der Waals surface area contributed by atoms with Crippen LogP contribution in [0.2, 0.25) is 0 Å². The number of rotatable bonds is 1. The Morgan fingerprint density at radius 3 is 2.50 bits per heavy atom. The first-order valence-corrected chi connectivity index (χ1v) is 2.56. The van der Waals surface area contributed by atoms with E-state index in [1.807, 2.05) is 0 Å². The summed E-state index contributed by atoms with van der Waals surface area (Å²) in [5.41, 5.74) is -2.32. The third kappa shape index (κ3) is 0.618. The molecule has 0 aromatic carbocycles. The van der Waals surface area contributed by atoms with E-state index in [-0.39, 0.29) is 12.2 Å². The fourth-order valence-corrected chi connectivity index (χ4v) is 0.647. The quantitative estimate of drug-likeness (QED) is 0.374. The lowest BCUT2D eigenvalue weighted by Gasteiger charge is -2.33. The highest BCUT2D eigenvalue weighted by Crippen LogP contribution is 2.20. The van der Waals surface area contributed by atoms with Crippen molar-refractivity contribution in [3.63, 3.8) is 0 Å². The van der Waals surface area contributed by atoms with Gasteiger partial charge in [-0.25, -0.2) is 9.59 Å². The average molecular weight is 143 g/mol. The van der Waals surface area contributed by atoms with E-state index < -0.39 is 11.6 Å². The van der Waals surface area contributed by atoms with Crippen molar-refractivity contribution in [1.82, 2.24) is 5.32 Å². The molecule has 0 aromatic rings. The normalized spacial score (nSPS) is 29.9. The molecule has 1 rings (SSSR count). The summed E-state index contributed by atoms with van der Waals surface area (Å²) in [7, 11) is 0. The number of aliphatic carboxylic acids is 1. The van der Waals surface area contributed by atoms with Crippen LogP contribution in [0.1, 0.15) is 0 Å². The van der Waals surface area contributed by atoms with E-state index in [0.717, 1.165) is 0 Å². The average Bonchev–Trinajstić information content (AvgIpc) is 1.85. The Morgan fingerprint density at radius 2 is 2.40 bits per heavy atom. The highest BCUT2D eigenvalue weighted by Gasteiger charge is 2.49. The number of nitrogens with one attached hydrogen (secondary N) is 1. The zero-order valence-electron chi connectivity index (χ0n) is 4.92. The van der Waals surface area contributed by atoms with Crippen LogP contribution in [0.4, 0.5) is 0 Å². The number of β-amino-alcohol motifs (C(OH)–C–C–N with tert-alkyl or cyclic N) is 1. The smallest absolute Gasteiger partial charge is 0.344 e. The lowest BCUT2D eigenvalue weighted by molar-refractivity contribution is -0.158. The molecule has 0 aliphatic carbocycles. The summed E-state index contributed by atoms with van der Waals surface area (Å²) in [6.07, 6.45) is 0. The zero-order chi connectivity index (χ0) is 7.78. The summed E-state index contributed by atoms with van der Waals surface area (Å²) < 4.78 is 0. The molecule has 0 amide bonds. The van der Waals surface area contributed by atoms with Gasteiger partial charge in [0.25, 0.3) is 0 Å². The van der Waals surface area contributed by atoms with Gasteiger partial charge in [0.15, 0.2) is 0 Å².